The first-order chi connectivity index (χ1) is 16.9. The van der Waals surface area contributed by atoms with Crippen molar-refractivity contribution < 1.29 is 9.50 Å². The molecule has 35 heavy (non-hydrogen) atoms. The fourth-order valence-electron chi connectivity index (χ4n) is 4.48. The molecule has 0 fully saturated rings. The zero-order valence-electron chi connectivity index (χ0n) is 19.0. The first kappa shape index (κ1) is 22.5. The quantitative estimate of drug-likeness (QED) is 0.278. The molecule has 0 radical (unpaired) electrons. The van der Waals surface area contributed by atoms with Crippen molar-refractivity contribution in [3.63, 3.8) is 0 Å². The van der Waals surface area contributed by atoms with Crippen LogP contribution in [0.15, 0.2) is 101 Å². The number of rotatable bonds is 7. The Labute approximate surface area is 201 Å². The van der Waals surface area contributed by atoms with Gasteiger partial charge in [-0.05, 0) is 52.6 Å². The molecule has 0 aliphatic carbocycles. The number of fused-ring (bicyclic) bond motifs is 1. The van der Waals surface area contributed by atoms with Crippen LogP contribution in [0.3, 0.4) is 0 Å². The number of para-hydroxylation sites is 1. The van der Waals surface area contributed by atoms with Crippen molar-refractivity contribution in [3.05, 3.63) is 134 Å². The Hall–Kier alpha value is -4.29. The smallest absolute Gasteiger partial charge is 0.271 e. The zero-order valence-corrected chi connectivity index (χ0v) is 19.0. The maximum Gasteiger partial charge on any atom is 0.271 e. The molecule has 2 atom stereocenters. The number of hydrogen-bond donors (Lipinski definition) is 3. The second kappa shape index (κ2) is 9.16. The normalized spacial score (nSPS) is 13.1. The van der Waals surface area contributed by atoms with Gasteiger partial charge in [0.05, 0.1) is 6.04 Å². The standard InChI is InChI=1S/C29H23FN2O3/c1-17(21-11-6-8-18-7-2-3-9-22(18)21)31-25(19-13-15-20(30)16-14-19)23-10-4-5-12-24(23)32-26-27(33)29(35)28(26)34/h2-17,25,31-33H,1H3/t17-,25?/m1/s1. The number of anilines is 2. The molecule has 0 spiro atoms. The molecular formula is C29H23FN2O3. The van der Waals surface area contributed by atoms with Crippen molar-refractivity contribution in [2.75, 3.05) is 5.32 Å². The van der Waals surface area contributed by atoms with Crippen LogP contribution < -0.4 is 21.5 Å². The predicted molar refractivity (Wildman–Crippen MR) is 136 cm³/mol. The summed E-state index contributed by atoms with van der Waals surface area (Å²) >= 11 is 0. The van der Waals surface area contributed by atoms with Crippen LogP contribution in [0, 0.1) is 5.82 Å². The Balaban J connectivity index is 1.57. The molecule has 0 bridgehead atoms. The lowest BCUT2D eigenvalue weighted by molar-refractivity contribution is 0.466. The van der Waals surface area contributed by atoms with Gasteiger partial charge in [0.15, 0.2) is 5.75 Å². The van der Waals surface area contributed by atoms with E-state index < -0.39 is 16.6 Å². The molecule has 5 nitrogen and oxygen atoms in total. The van der Waals surface area contributed by atoms with E-state index in [4.69, 9.17) is 0 Å². The lowest BCUT2D eigenvalue weighted by Gasteiger charge is -2.27. The molecule has 5 aromatic rings. The first-order valence-electron chi connectivity index (χ1n) is 11.3. The third-order valence-corrected chi connectivity index (χ3v) is 6.33. The summed E-state index contributed by atoms with van der Waals surface area (Å²) in [5.74, 6) is -0.908. The van der Waals surface area contributed by atoms with Crippen LogP contribution in [-0.2, 0) is 0 Å². The second-order valence-corrected chi connectivity index (χ2v) is 8.54. The van der Waals surface area contributed by atoms with Crippen molar-refractivity contribution in [1.82, 2.24) is 5.32 Å². The van der Waals surface area contributed by atoms with Gasteiger partial charge in [0.25, 0.3) is 10.9 Å². The maximum absolute atomic E-state index is 13.7. The molecular weight excluding hydrogens is 443 g/mol. The summed E-state index contributed by atoms with van der Waals surface area (Å²) in [4.78, 5) is 23.5. The number of halogens is 1. The van der Waals surface area contributed by atoms with Gasteiger partial charge in [-0.1, -0.05) is 72.8 Å². The topological polar surface area (TPSA) is 78.4 Å². The summed E-state index contributed by atoms with van der Waals surface area (Å²) in [7, 11) is 0. The first-order valence-corrected chi connectivity index (χ1v) is 11.3. The maximum atomic E-state index is 13.7. The summed E-state index contributed by atoms with van der Waals surface area (Å²) in [5, 5.41) is 18.7. The Bertz CT molecular complexity index is 1580. The molecule has 0 saturated carbocycles. The van der Waals surface area contributed by atoms with E-state index in [2.05, 4.69) is 41.8 Å². The number of nitrogens with one attached hydrogen (secondary N) is 2. The monoisotopic (exact) mass is 466 g/mol. The van der Waals surface area contributed by atoms with Crippen molar-refractivity contribution in [3.8, 4) is 5.75 Å². The molecule has 0 saturated heterocycles. The Morgan fingerprint density at radius 1 is 0.771 bits per heavy atom. The largest absolute Gasteiger partial charge is 0.502 e. The van der Waals surface area contributed by atoms with E-state index in [-0.39, 0.29) is 23.6 Å². The fourth-order valence-corrected chi connectivity index (χ4v) is 4.48. The van der Waals surface area contributed by atoms with Crippen molar-refractivity contribution in [2.45, 2.75) is 19.0 Å². The molecule has 3 N–H and O–H groups in total. The van der Waals surface area contributed by atoms with Crippen LogP contribution in [0.5, 0.6) is 5.75 Å². The van der Waals surface area contributed by atoms with E-state index in [1.54, 1.807) is 24.3 Å². The summed E-state index contributed by atoms with van der Waals surface area (Å²) in [6, 6.07) is 27.4. The molecule has 5 rings (SSSR count). The minimum absolute atomic E-state index is 0.0938. The Kier molecular flexibility index (Phi) is 5.89. The summed E-state index contributed by atoms with van der Waals surface area (Å²) in [5.41, 5.74) is 1.49. The van der Waals surface area contributed by atoms with Crippen molar-refractivity contribution >= 4 is 22.1 Å². The van der Waals surface area contributed by atoms with Crippen LogP contribution in [0.4, 0.5) is 15.8 Å². The molecule has 0 aromatic heterocycles. The Morgan fingerprint density at radius 2 is 1.43 bits per heavy atom. The highest BCUT2D eigenvalue weighted by molar-refractivity contribution is 5.86. The van der Waals surface area contributed by atoms with Crippen LogP contribution in [0.1, 0.15) is 35.7 Å². The van der Waals surface area contributed by atoms with E-state index in [1.165, 1.54) is 12.1 Å². The summed E-state index contributed by atoms with van der Waals surface area (Å²) < 4.78 is 13.7. The lowest BCUT2D eigenvalue weighted by atomic mass is 9.93. The third kappa shape index (κ3) is 4.20. The van der Waals surface area contributed by atoms with Gasteiger partial charge in [-0.25, -0.2) is 4.39 Å². The van der Waals surface area contributed by atoms with Gasteiger partial charge in [-0.15, -0.1) is 0 Å². The predicted octanol–water partition coefficient (Wildman–Crippen LogP) is 5.46. The van der Waals surface area contributed by atoms with Gasteiger partial charge in [0, 0.05) is 11.7 Å². The van der Waals surface area contributed by atoms with Crippen LogP contribution in [0.25, 0.3) is 10.8 Å². The molecule has 174 valence electrons. The van der Waals surface area contributed by atoms with E-state index in [0.717, 1.165) is 27.5 Å². The van der Waals surface area contributed by atoms with Crippen LogP contribution in [-0.4, -0.2) is 5.11 Å². The molecule has 0 aliphatic rings. The van der Waals surface area contributed by atoms with Gasteiger partial charge in [0.2, 0.25) is 0 Å². The van der Waals surface area contributed by atoms with Gasteiger partial charge >= 0.3 is 0 Å². The van der Waals surface area contributed by atoms with Gasteiger partial charge in [-0.3, -0.25) is 14.9 Å². The van der Waals surface area contributed by atoms with E-state index in [9.17, 15) is 19.1 Å². The van der Waals surface area contributed by atoms with Crippen molar-refractivity contribution in [1.29, 1.82) is 0 Å². The SMILES string of the molecule is C[C@@H](NC(c1ccc(F)cc1)c1ccccc1Nc1c(O)c(=O)c1=O)c1cccc2ccccc12. The molecule has 6 heteroatoms. The van der Waals surface area contributed by atoms with Gasteiger partial charge in [0.1, 0.15) is 11.5 Å². The summed E-state index contributed by atoms with van der Waals surface area (Å²) in [6.45, 7) is 2.07. The molecule has 0 amide bonds. The lowest BCUT2D eigenvalue weighted by Crippen LogP contribution is -2.33. The second-order valence-electron chi connectivity index (χ2n) is 8.54. The van der Waals surface area contributed by atoms with E-state index in [1.807, 2.05) is 30.3 Å². The van der Waals surface area contributed by atoms with Crippen LogP contribution in [0.2, 0.25) is 0 Å². The summed E-state index contributed by atoms with van der Waals surface area (Å²) in [6.07, 6.45) is 0. The minimum Gasteiger partial charge on any atom is -0.502 e. The molecule has 1 unspecified atom stereocenters. The van der Waals surface area contributed by atoms with Gasteiger partial charge < -0.3 is 10.4 Å². The highest BCUT2D eigenvalue weighted by Crippen LogP contribution is 2.34. The highest BCUT2D eigenvalue weighted by Gasteiger charge is 2.25. The highest BCUT2D eigenvalue weighted by atomic mass is 19.1. The zero-order chi connectivity index (χ0) is 24.5. The van der Waals surface area contributed by atoms with Crippen molar-refractivity contribution in [2.24, 2.45) is 0 Å². The molecule has 5 aromatic carbocycles. The molecule has 0 heterocycles. The molecule has 0 aliphatic heterocycles. The Morgan fingerprint density at radius 3 is 2.20 bits per heavy atom. The third-order valence-electron chi connectivity index (χ3n) is 6.33. The number of benzene rings is 4. The number of hydrogen-bond acceptors (Lipinski definition) is 5. The number of aromatic hydroxyl groups is 1. The van der Waals surface area contributed by atoms with Crippen LogP contribution >= 0.6 is 0 Å². The van der Waals surface area contributed by atoms with Gasteiger partial charge in [-0.2, -0.15) is 0 Å². The van der Waals surface area contributed by atoms with E-state index in [0.29, 0.717) is 5.69 Å². The fraction of sp³-hybridized carbons (Fsp3) is 0.103. The minimum atomic E-state index is -0.900. The average molecular weight is 467 g/mol. The average Bonchev–Trinajstić information content (AvgIpc) is 2.90. The van der Waals surface area contributed by atoms with E-state index >= 15 is 0 Å².